The van der Waals surface area contributed by atoms with Crippen LogP contribution in [0.4, 0.5) is 0 Å². The lowest BCUT2D eigenvalue weighted by Gasteiger charge is -2.25. The highest BCUT2D eigenvalue weighted by atomic mass is 31.2. The van der Waals surface area contributed by atoms with Crippen molar-refractivity contribution in [3.05, 3.63) is 96.7 Å². The topological polar surface area (TPSA) is 30.0 Å². The molecule has 28 heavy (non-hydrogen) atoms. The van der Waals surface area contributed by atoms with Crippen LogP contribution >= 0.6 is 7.14 Å². The van der Waals surface area contributed by atoms with E-state index in [4.69, 9.17) is 4.98 Å². The lowest BCUT2D eigenvalue weighted by molar-refractivity contribution is 0.570. The zero-order chi connectivity index (χ0) is 19.8. The van der Waals surface area contributed by atoms with E-state index in [1.54, 1.807) is 0 Å². The molecule has 0 atom stereocenters. The quantitative estimate of drug-likeness (QED) is 0.455. The monoisotopic (exact) mass is 385 g/mol. The Labute approximate surface area is 166 Å². The van der Waals surface area contributed by atoms with Crippen LogP contribution in [-0.4, -0.2) is 4.98 Å². The summed E-state index contributed by atoms with van der Waals surface area (Å²) in [6, 6.07) is 29.7. The van der Waals surface area contributed by atoms with Crippen molar-refractivity contribution in [1.29, 1.82) is 0 Å². The summed E-state index contributed by atoms with van der Waals surface area (Å²) < 4.78 is 14.8. The number of aromatic nitrogens is 1. The van der Waals surface area contributed by atoms with Crippen molar-refractivity contribution in [2.45, 2.75) is 26.2 Å². The van der Waals surface area contributed by atoms with E-state index in [1.165, 1.54) is 0 Å². The molecule has 3 aromatic carbocycles. The van der Waals surface area contributed by atoms with E-state index in [-0.39, 0.29) is 5.41 Å². The maximum atomic E-state index is 14.8. The van der Waals surface area contributed by atoms with Gasteiger partial charge in [0.15, 0.2) is 7.14 Å². The molecular formula is C25H24NOP. The second-order valence-corrected chi connectivity index (χ2v) is 10.8. The van der Waals surface area contributed by atoms with Gasteiger partial charge in [0.1, 0.15) is 5.44 Å². The fourth-order valence-corrected chi connectivity index (χ4v) is 6.24. The molecule has 3 heteroatoms. The van der Waals surface area contributed by atoms with Crippen molar-refractivity contribution in [2.24, 2.45) is 0 Å². The van der Waals surface area contributed by atoms with Gasteiger partial charge in [-0.1, -0.05) is 106 Å². The van der Waals surface area contributed by atoms with Gasteiger partial charge in [0.05, 0.1) is 0 Å². The first-order valence-electron chi connectivity index (χ1n) is 9.53. The minimum atomic E-state index is -3.13. The summed E-state index contributed by atoms with van der Waals surface area (Å²) in [6.07, 6.45) is 0. The normalized spacial score (nSPS) is 12.2. The highest BCUT2D eigenvalue weighted by Crippen LogP contribution is 2.44. The summed E-state index contributed by atoms with van der Waals surface area (Å²) in [6.45, 7) is 6.43. The van der Waals surface area contributed by atoms with Crippen LogP contribution in [0.1, 0.15) is 26.5 Å². The summed E-state index contributed by atoms with van der Waals surface area (Å²) >= 11 is 0. The standard InChI is InChI=1S/C25H24NOP/c1-25(2,3)23-18-19-12-10-11-17-22(19)24(26-23)28(27,20-13-6-4-7-14-20)21-15-8-5-9-16-21/h4-18H,1-3H3. The van der Waals surface area contributed by atoms with Crippen LogP contribution in [0.25, 0.3) is 10.8 Å². The fraction of sp³-hybridized carbons (Fsp3) is 0.160. The molecule has 0 radical (unpaired) electrons. The van der Waals surface area contributed by atoms with Crippen LogP contribution in [0, 0.1) is 0 Å². The largest absolute Gasteiger partial charge is 0.307 e. The van der Waals surface area contributed by atoms with Gasteiger partial charge in [-0.15, -0.1) is 0 Å². The van der Waals surface area contributed by atoms with Crippen molar-refractivity contribution in [3.63, 3.8) is 0 Å². The van der Waals surface area contributed by atoms with E-state index >= 15 is 0 Å². The minimum absolute atomic E-state index is 0.142. The van der Waals surface area contributed by atoms with Crippen LogP contribution in [0.2, 0.25) is 0 Å². The molecule has 0 fully saturated rings. The van der Waals surface area contributed by atoms with Gasteiger partial charge in [-0.05, 0) is 11.5 Å². The average molecular weight is 385 g/mol. The van der Waals surface area contributed by atoms with Crippen LogP contribution in [0.3, 0.4) is 0 Å². The lowest BCUT2D eigenvalue weighted by Crippen LogP contribution is -2.30. The van der Waals surface area contributed by atoms with Crippen LogP contribution in [0.5, 0.6) is 0 Å². The number of rotatable bonds is 3. The number of pyridine rings is 1. The van der Waals surface area contributed by atoms with Crippen molar-refractivity contribution in [2.75, 3.05) is 0 Å². The Morgan fingerprint density at radius 1 is 0.714 bits per heavy atom. The second kappa shape index (κ2) is 7.04. The molecule has 0 spiro atoms. The highest BCUT2D eigenvalue weighted by Gasteiger charge is 2.34. The van der Waals surface area contributed by atoms with E-state index in [9.17, 15) is 4.57 Å². The molecule has 0 aliphatic heterocycles. The Balaban J connectivity index is 2.14. The molecule has 1 heterocycles. The number of hydrogen-bond acceptors (Lipinski definition) is 2. The third kappa shape index (κ3) is 3.19. The molecule has 0 amide bonds. The molecule has 1 aromatic heterocycles. The minimum Gasteiger partial charge on any atom is -0.307 e. The van der Waals surface area contributed by atoms with Crippen LogP contribution in [-0.2, 0) is 9.98 Å². The molecule has 0 saturated carbocycles. The smallest absolute Gasteiger partial charge is 0.189 e. The van der Waals surface area contributed by atoms with Gasteiger partial charge in [0.2, 0.25) is 0 Å². The van der Waals surface area contributed by atoms with Gasteiger partial charge in [0, 0.05) is 27.1 Å². The van der Waals surface area contributed by atoms with Gasteiger partial charge in [0.25, 0.3) is 0 Å². The van der Waals surface area contributed by atoms with Crippen molar-refractivity contribution < 1.29 is 4.57 Å². The van der Waals surface area contributed by atoms with Crippen molar-refractivity contribution in [3.8, 4) is 0 Å². The molecule has 0 aliphatic rings. The Morgan fingerprint density at radius 3 is 1.75 bits per heavy atom. The predicted octanol–water partition coefficient (Wildman–Crippen LogP) is 5.17. The van der Waals surface area contributed by atoms with Gasteiger partial charge in [-0.25, -0.2) is 4.98 Å². The van der Waals surface area contributed by atoms with E-state index in [0.29, 0.717) is 5.44 Å². The molecule has 0 saturated heterocycles. The van der Waals surface area contributed by atoms with Crippen LogP contribution < -0.4 is 16.0 Å². The second-order valence-electron chi connectivity index (χ2n) is 8.08. The van der Waals surface area contributed by atoms with Crippen molar-refractivity contribution in [1.82, 2.24) is 4.98 Å². The summed E-state index contributed by atoms with van der Waals surface area (Å²) in [4.78, 5) is 5.03. The summed E-state index contributed by atoms with van der Waals surface area (Å²) in [7, 11) is -3.13. The first-order valence-corrected chi connectivity index (χ1v) is 11.2. The molecule has 0 aliphatic carbocycles. The highest BCUT2D eigenvalue weighted by molar-refractivity contribution is 7.85. The molecule has 2 nitrogen and oxygen atoms in total. The molecule has 4 rings (SSSR count). The molecule has 4 aromatic rings. The number of fused-ring (bicyclic) bond motifs is 1. The van der Waals surface area contributed by atoms with E-state index in [2.05, 4.69) is 32.9 Å². The van der Waals surface area contributed by atoms with Gasteiger partial charge < -0.3 is 4.57 Å². The molecule has 140 valence electrons. The third-order valence-electron chi connectivity index (χ3n) is 5.03. The predicted molar refractivity (Wildman–Crippen MR) is 120 cm³/mol. The van der Waals surface area contributed by atoms with Crippen LogP contribution in [0.15, 0.2) is 91.0 Å². The van der Waals surface area contributed by atoms with E-state index in [0.717, 1.165) is 27.1 Å². The maximum Gasteiger partial charge on any atom is 0.189 e. The maximum absolute atomic E-state index is 14.8. The summed E-state index contributed by atoms with van der Waals surface area (Å²) in [5, 5.41) is 3.64. The van der Waals surface area contributed by atoms with E-state index < -0.39 is 7.14 Å². The molecule has 0 unspecified atom stereocenters. The Bertz CT molecular complexity index is 1120. The number of hydrogen-bond donors (Lipinski definition) is 0. The summed E-state index contributed by atoms with van der Waals surface area (Å²) in [5.74, 6) is 0. The fourth-order valence-electron chi connectivity index (χ4n) is 3.47. The first-order chi connectivity index (χ1) is 13.4. The SMILES string of the molecule is CC(C)(C)c1cc2ccccc2c(P(=O)(c2ccccc2)c2ccccc2)n1. The average Bonchev–Trinajstić information content (AvgIpc) is 2.73. The molecular weight excluding hydrogens is 361 g/mol. The van der Waals surface area contributed by atoms with E-state index in [1.807, 2.05) is 78.9 Å². The molecule has 0 bridgehead atoms. The lowest BCUT2D eigenvalue weighted by atomic mass is 9.91. The molecule has 0 N–H and O–H groups in total. The summed E-state index contributed by atoms with van der Waals surface area (Å²) in [5.41, 5.74) is 1.48. The Hall–Kier alpha value is -2.70. The first kappa shape index (κ1) is 18.7. The number of nitrogens with zero attached hydrogens (tertiary/aromatic N) is 1. The Morgan fingerprint density at radius 2 is 1.21 bits per heavy atom. The van der Waals surface area contributed by atoms with Crippen molar-refractivity contribution >= 4 is 34.0 Å². The zero-order valence-electron chi connectivity index (χ0n) is 16.5. The van der Waals surface area contributed by atoms with Gasteiger partial charge >= 0.3 is 0 Å². The third-order valence-corrected chi connectivity index (χ3v) is 8.01. The van der Waals surface area contributed by atoms with Gasteiger partial charge in [-0.2, -0.15) is 0 Å². The van der Waals surface area contributed by atoms with Gasteiger partial charge in [-0.3, -0.25) is 0 Å². The number of benzene rings is 3. The Kier molecular flexibility index (Phi) is 4.69. The zero-order valence-corrected chi connectivity index (χ0v) is 17.4.